The first-order valence-corrected chi connectivity index (χ1v) is 12.7. The number of hydrogen-bond donors (Lipinski definition) is 2. The van der Waals surface area contributed by atoms with Crippen LogP contribution in [0.15, 0.2) is 84.9 Å². The molecule has 0 aliphatic carbocycles. The van der Waals surface area contributed by atoms with E-state index in [1.54, 1.807) is 21.9 Å². The summed E-state index contributed by atoms with van der Waals surface area (Å²) >= 11 is 0. The van der Waals surface area contributed by atoms with Crippen molar-refractivity contribution in [2.45, 2.75) is 24.9 Å². The number of carbonyl (C=O) groups is 3. The van der Waals surface area contributed by atoms with E-state index < -0.39 is 17.4 Å². The van der Waals surface area contributed by atoms with Gasteiger partial charge in [-0.3, -0.25) is 9.59 Å². The molecule has 1 spiro atoms. The number of piperidine rings is 1. The lowest BCUT2D eigenvalue weighted by atomic mass is 9.85. The minimum atomic E-state index is -0.865. The molecule has 0 unspecified atom stereocenters. The van der Waals surface area contributed by atoms with Crippen LogP contribution in [0.4, 0.5) is 20.6 Å². The highest BCUT2D eigenvalue weighted by atomic mass is 19.1. The van der Waals surface area contributed by atoms with Gasteiger partial charge in [0.25, 0.3) is 5.91 Å². The van der Waals surface area contributed by atoms with Gasteiger partial charge in [-0.15, -0.1) is 0 Å². The first kappa shape index (κ1) is 25.3. The van der Waals surface area contributed by atoms with E-state index in [0.717, 1.165) is 11.3 Å². The number of rotatable bonds is 6. The molecule has 2 aliphatic heterocycles. The van der Waals surface area contributed by atoms with Gasteiger partial charge in [0.1, 0.15) is 17.9 Å². The summed E-state index contributed by atoms with van der Waals surface area (Å²) in [6.07, 6.45) is 0.793. The van der Waals surface area contributed by atoms with Crippen LogP contribution < -0.4 is 15.5 Å². The Hall–Kier alpha value is -4.40. The zero-order chi connectivity index (χ0) is 26.5. The van der Waals surface area contributed by atoms with E-state index in [1.165, 1.54) is 12.1 Å². The molecule has 2 heterocycles. The summed E-state index contributed by atoms with van der Waals surface area (Å²) in [6, 6.07) is 24.9. The highest BCUT2D eigenvalue weighted by Gasteiger charge is 2.54. The third-order valence-electron chi connectivity index (χ3n) is 7.24. The molecule has 0 bridgehead atoms. The van der Waals surface area contributed by atoms with Crippen molar-refractivity contribution in [3.8, 4) is 0 Å². The lowest BCUT2D eigenvalue weighted by Gasteiger charge is -2.43. The minimum Gasteiger partial charge on any atom is -0.350 e. The topological polar surface area (TPSA) is 85.0 Å². The van der Waals surface area contributed by atoms with Crippen molar-refractivity contribution < 1.29 is 18.8 Å². The van der Waals surface area contributed by atoms with E-state index in [0.29, 0.717) is 32.5 Å². The fourth-order valence-corrected chi connectivity index (χ4v) is 5.18. The molecule has 4 amide bonds. The molecule has 5 rings (SSSR count). The number of amides is 4. The van der Waals surface area contributed by atoms with Crippen molar-refractivity contribution >= 4 is 29.2 Å². The maximum atomic E-state index is 14.0. The number of benzene rings is 3. The molecule has 2 N–H and O–H groups in total. The maximum absolute atomic E-state index is 14.0. The zero-order valence-corrected chi connectivity index (χ0v) is 21.0. The summed E-state index contributed by atoms with van der Waals surface area (Å²) < 4.78 is 14.0. The van der Waals surface area contributed by atoms with Crippen molar-refractivity contribution in [2.75, 3.05) is 36.5 Å². The molecule has 38 heavy (non-hydrogen) atoms. The van der Waals surface area contributed by atoms with E-state index >= 15 is 0 Å². The van der Waals surface area contributed by atoms with Crippen molar-refractivity contribution in [1.29, 1.82) is 0 Å². The largest absolute Gasteiger partial charge is 0.350 e. The van der Waals surface area contributed by atoms with E-state index in [-0.39, 0.29) is 30.7 Å². The highest BCUT2D eigenvalue weighted by molar-refractivity contribution is 5.97. The monoisotopic (exact) mass is 515 g/mol. The van der Waals surface area contributed by atoms with Gasteiger partial charge in [0.15, 0.2) is 0 Å². The number of urea groups is 1. The summed E-state index contributed by atoms with van der Waals surface area (Å²) in [5.74, 6) is -0.851. The number of para-hydroxylation sites is 2. The number of carbonyl (C=O) groups excluding carboxylic acids is 3. The number of nitrogens with zero attached hydrogens (tertiary/aromatic N) is 3. The summed E-state index contributed by atoms with van der Waals surface area (Å²) in [6.45, 7) is 1.27. The molecular weight excluding hydrogens is 485 g/mol. The molecule has 0 aromatic heterocycles. The third kappa shape index (κ3) is 5.18. The predicted molar refractivity (Wildman–Crippen MR) is 143 cm³/mol. The van der Waals surface area contributed by atoms with Crippen molar-refractivity contribution in [3.63, 3.8) is 0 Å². The van der Waals surface area contributed by atoms with Crippen LogP contribution in [0, 0.1) is 5.82 Å². The number of anilines is 2. The quantitative estimate of drug-likeness (QED) is 0.523. The molecule has 2 fully saturated rings. The van der Waals surface area contributed by atoms with Gasteiger partial charge in [-0.1, -0.05) is 60.7 Å². The zero-order valence-electron chi connectivity index (χ0n) is 21.0. The Kier molecular flexibility index (Phi) is 7.26. The molecule has 196 valence electrons. The second-order valence-corrected chi connectivity index (χ2v) is 9.60. The number of likely N-dealkylation sites (tertiary alicyclic amines) is 1. The third-order valence-corrected chi connectivity index (χ3v) is 7.24. The summed E-state index contributed by atoms with van der Waals surface area (Å²) in [4.78, 5) is 44.7. The maximum Gasteiger partial charge on any atom is 0.321 e. The molecule has 0 radical (unpaired) electrons. The predicted octanol–water partition coefficient (Wildman–Crippen LogP) is 3.81. The van der Waals surface area contributed by atoms with E-state index in [4.69, 9.17) is 0 Å². The molecule has 0 saturated carbocycles. The van der Waals surface area contributed by atoms with Gasteiger partial charge in [-0.2, -0.15) is 0 Å². The lowest BCUT2D eigenvalue weighted by Crippen LogP contribution is -2.58. The van der Waals surface area contributed by atoms with Gasteiger partial charge in [-0.05, 0) is 42.7 Å². The van der Waals surface area contributed by atoms with Gasteiger partial charge in [0.05, 0.1) is 12.4 Å². The van der Waals surface area contributed by atoms with Crippen molar-refractivity contribution in [2.24, 2.45) is 0 Å². The molecule has 8 nitrogen and oxygen atoms in total. The number of hydrogen-bond acceptors (Lipinski definition) is 4. The number of nitrogens with one attached hydrogen (secondary N) is 2. The molecule has 2 saturated heterocycles. The Morgan fingerprint density at radius 3 is 2.18 bits per heavy atom. The Morgan fingerprint density at radius 2 is 1.50 bits per heavy atom. The number of halogens is 1. The SMILES string of the molecule is O=C(CN1CN(c2ccccc2)C2(CCN(C(=O)Nc3ccccc3F)CC2)C1=O)NCc1ccccc1. The van der Waals surface area contributed by atoms with Crippen LogP contribution >= 0.6 is 0 Å². The van der Waals surface area contributed by atoms with Crippen LogP contribution in [0.3, 0.4) is 0 Å². The minimum absolute atomic E-state index is 0.0474. The second-order valence-electron chi connectivity index (χ2n) is 9.60. The first-order chi connectivity index (χ1) is 18.5. The Bertz CT molecular complexity index is 1300. The summed E-state index contributed by atoms with van der Waals surface area (Å²) in [5, 5.41) is 5.52. The molecule has 2 aliphatic rings. The van der Waals surface area contributed by atoms with Crippen molar-refractivity contribution in [3.05, 3.63) is 96.3 Å². The summed E-state index contributed by atoms with van der Waals surface area (Å²) in [7, 11) is 0. The second kappa shape index (κ2) is 10.9. The van der Waals surface area contributed by atoms with Gasteiger partial charge >= 0.3 is 6.03 Å². The first-order valence-electron chi connectivity index (χ1n) is 12.7. The standard InChI is InChI=1S/C29H30FN5O3/c30-24-13-7-8-14-25(24)32-28(38)33-17-15-29(16-18-33)27(37)34(21-35(29)23-11-5-2-6-12-23)20-26(36)31-19-22-9-3-1-4-10-22/h1-14H,15-21H2,(H,31,36)(H,32,38). The fourth-order valence-electron chi connectivity index (χ4n) is 5.18. The van der Waals surface area contributed by atoms with Crippen LogP contribution in [0.5, 0.6) is 0 Å². The van der Waals surface area contributed by atoms with Crippen LogP contribution in [0.2, 0.25) is 0 Å². The van der Waals surface area contributed by atoms with Gasteiger partial charge in [0, 0.05) is 25.3 Å². The molecule has 0 atom stereocenters. The smallest absolute Gasteiger partial charge is 0.321 e. The fraction of sp³-hybridized carbons (Fsp3) is 0.276. The van der Waals surface area contributed by atoms with Crippen LogP contribution in [-0.4, -0.2) is 59.5 Å². The van der Waals surface area contributed by atoms with E-state index in [9.17, 15) is 18.8 Å². The molecule has 3 aromatic rings. The lowest BCUT2D eigenvalue weighted by molar-refractivity contribution is -0.137. The Morgan fingerprint density at radius 1 is 0.868 bits per heavy atom. The van der Waals surface area contributed by atoms with Gasteiger partial charge < -0.3 is 25.3 Å². The highest BCUT2D eigenvalue weighted by Crippen LogP contribution is 2.39. The molecule has 3 aromatic carbocycles. The molecular formula is C29H30FN5O3. The Labute approximate surface area is 221 Å². The normalized spacial score (nSPS) is 16.6. The van der Waals surface area contributed by atoms with Crippen molar-refractivity contribution in [1.82, 2.24) is 15.1 Å². The average molecular weight is 516 g/mol. The van der Waals surface area contributed by atoms with Crippen LogP contribution in [0.25, 0.3) is 0 Å². The molecule has 9 heteroatoms. The van der Waals surface area contributed by atoms with Gasteiger partial charge in [-0.25, -0.2) is 9.18 Å². The summed E-state index contributed by atoms with van der Waals surface area (Å²) in [5.41, 5.74) is 1.12. The Balaban J connectivity index is 1.28. The van der Waals surface area contributed by atoms with Gasteiger partial charge in [0.2, 0.25) is 5.91 Å². The van der Waals surface area contributed by atoms with E-state index in [1.807, 2.05) is 65.6 Å². The van der Waals surface area contributed by atoms with Crippen LogP contribution in [0.1, 0.15) is 18.4 Å². The van der Waals surface area contributed by atoms with E-state index in [2.05, 4.69) is 10.6 Å². The van der Waals surface area contributed by atoms with Crippen LogP contribution in [-0.2, 0) is 16.1 Å². The average Bonchev–Trinajstić information content (AvgIpc) is 3.20.